The molecule has 3 rings (SSSR count). The molecule has 0 atom stereocenters. The quantitative estimate of drug-likeness (QED) is 0.851. The molecule has 17 heavy (non-hydrogen) atoms. The van der Waals surface area contributed by atoms with Crippen LogP contribution in [0.1, 0.15) is 24.0 Å². The van der Waals surface area contributed by atoms with Gasteiger partial charge in [0.15, 0.2) is 0 Å². The lowest BCUT2D eigenvalue weighted by atomic mass is 9.91. The van der Waals surface area contributed by atoms with E-state index in [-0.39, 0.29) is 0 Å². The summed E-state index contributed by atoms with van der Waals surface area (Å²) in [5.41, 5.74) is 9.14. The third kappa shape index (κ3) is 1.85. The van der Waals surface area contributed by atoms with Crippen LogP contribution >= 0.6 is 0 Å². The lowest BCUT2D eigenvalue weighted by Gasteiger charge is -2.15. The number of hydrogen-bond acceptors (Lipinski definition) is 1. The number of rotatable bonds is 3. The molecule has 0 spiro atoms. The minimum atomic E-state index is 0.415. The lowest BCUT2D eigenvalue weighted by Crippen LogP contribution is -2.18. The van der Waals surface area contributed by atoms with Crippen LogP contribution in [0.5, 0.6) is 0 Å². The van der Waals surface area contributed by atoms with Crippen molar-refractivity contribution in [3.63, 3.8) is 0 Å². The van der Waals surface area contributed by atoms with Gasteiger partial charge in [0.25, 0.3) is 0 Å². The van der Waals surface area contributed by atoms with Crippen molar-refractivity contribution in [2.24, 2.45) is 11.1 Å². The molecule has 0 unspecified atom stereocenters. The van der Waals surface area contributed by atoms with E-state index in [9.17, 15) is 0 Å². The fourth-order valence-corrected chi connectivity index (χ4v) is 2.70. The van der Waals surface area contributed by atoms with Gasteiger partial charge in [-0.2, -0.15) is 0 Å². The Morgan fingerprint density at radius 3 is 2.41 bits per heavy atom. The molecule has 0 saturated heterocycles. The van der Waals surface area contributed by atoms with Gasteiger partial charge in [0.2, 0.25) is 0 Å². The van der Waals surface area contributed by atoms with E-state index in [0.717, 1.165) is 13.0 Å². The molecular formula is C16H19N. The standard InChI is InChI=1S/C16H19N/c1-12-6-7-13(10-16(11-17)8-9-16)15-5-3-2-4-14(12)15/h2-7H,8-11,17H2,1H3. The Morgan fingerprint density at radius 1 is 1.06 bits per heavy atom. The highest BCUT2D eigenvalue weighted by Crippen LogP contribution is 2.48. The van der Waals surface area contributed by atoms with Gasteiger partial charge in [0.1, 0.15) is 0 Å². The first-order valence-corrected chi connectivity index (χ1v) is 6.41. The van der Waals surface area contributed by atoms with E-state index in [1.165, 1.54) is 34.7 Å². The Kier molecular flexibility index (Phi) is 2.44. The maximum atomic E-state index is 5.89. The summed E-state index contributed by atoms with van der Waals surface area (Å²) in [4.78, 5) is 0. The second-order valence-corrected chi connectivity index (χ2v) is 5.47. The SMILES string of the molecule is Cc1ccc(CC2(CN)CC2)c2ccccc12. The minimum Gasteiger partial charge on any atom is -0.330 e. The number of nitrogens with two attached hydrogens (primary N) is 1. The van der Waals surface area contributed by atoms with Crippen LogP contribution < -0.4 is 5.73 Å². The zero-order valence-electron chi connectivity index (χ0n) is 10.4. The molecule has 1 aliphatic carbocycles. The van der Waals surface area contributed by atoms with Crippen molar-refractivity contribution < 1.29 is 0 Å². The molecule has 2 aromatic rings. The molecule has 0 amide bonds. The van der Waals surface area contributed by atoms with Gasteiger partial charge in [0.05, 0.1) is 0 Å². The van der Waals surface area contributed by atoms with Gasteiger partial charge >= 0.3 is 0 Å². The van der Waals surface area contributed by atoms with Crippen LogP contribution in [0.2, 0.25) is 0 Å². The number of fused-ring (bicyclic) bond motifs is 1. The van der Waals surface area contributed by atoms with Crippen molar-refractivity contribution in [2.45, 2.75) is 26.2 Å². The highest BCUT2D eigenvalue weighted by atomic mass is 14.6. The van der Waals surface area contributed by atoms with Gasteiger partial charge in [-0.05, 0) is 60.0 Å². The topological polar surface area (TPSA) is 26.0 Å². The molecule has 0 radical (unpaired) electrons. The fourth-order valence-electron chi connectivity index (χ4n) is 2.70. The summed E-state index contributed by atoms with van der Waals surface area (Å²) in [6.45, 7) is 3.01. The van der Waals surface area contributed by atoms with Gasteiger partial charge in [0, 0.05) is 0 Å². The third-order valence-electron chi connectivity index (χ3n) is 4.19. The summed E-state index contributed by atoms with van der Waals surface area (Å²) < 4.78 is 0. The first kappa shape index (κ1) is 10.8. The van der Waals surface area contributed by atoms with Crippen molar-refractivity contribution in [3.05, 3.63) is 47.5 Å². The van der Waals surface area contributed by atoms with E-state index in [2.05, 4.69) is 43.3 Å². The minimum absolute atomic E-state index is 0.415. The van der Waals surface area contributed by atoms with E-state index in [1.54, 1.807) is 0 Å². The van der Waals surface area contributed by atoms with E-state index in [0.29, 0.717) is 5.41 Å². The predicted molar refractivity (Wildman–Crippen MR) is 73.1 cm³/mol. The maximum Gasteiger partial charge on any atom is -0.00173 e. The first-order chi connectivity index (χ1) is 8.24. The average Bonchev–Trinajstić information content (AvgIpc) is 3.14. The Bertz CT molecular complexity index is 552. The molecule has 0 bridgehead atoms. The highest BCUT2D eigenvalue weighted by molar-refractivity contribution is 5.88. The van der Waals surface area contributed by atoms with Crippen molar-refractivity contribution >= 4 is 10.8 Å². The second kappa shape index (κ2) is 3.85. The lowest BCUT2D eigenvalue weighted by molar-refractivity contribution is 0.523. The molecule has 1 aliphatic rings. The summed E-state index contributed by atoms with van der Waals surface area (Å²) in [7, 11) is 0. The normalized spacial score (nSPS) is 17.3. The Morgan fingerprint density at radius 2 is 1.76 bits per heavy atom. The second-order valence-electron chi connectivity index (χ2n) is 5.47. The molecule has 0 heterocycles. The molecular weight excluding hydrogens is 206 g/mol. The molecule has 2 N–H and O–H groups in total. The zero-order valence-corrected chi connectivity index (χ0v) is 10.4. The number of aryl methyl sites for hydroxylation is 1. The van der Waals surface area contributed by atoms with Crippen LogP contribution in [-0.4, -0.2) is 6.54 Å². The Labute approximate surface area is 103 Å². The molecule has 88 valence electrons. The van der Waals surface area contributed by atoms with Crippen LogP contribution in [0.15, 0.2) is 36.4 Å². The number of benzene rings is 2. The van der Waals surface area contributed by atoms with Crippen molar-refractivity contribution in [1.82, 2.24) is 0 Å². The molecule has 2 aromatic carbocycles. The van der Waals surface area contributed by atoms with Gasteiger partial charge in [-0.25, -0.2) is 0 Å². The maximum absolute atomic E-state index is 5.89. The summed E-state index contributed by atoms with van der Waals surface area (Å²) in [5, 5.41) is 2.80. The molecule has 1 heteroatoms. The number of hydrogen-bond donors (Lipinski definition) is 1. The largest absolute Gasteiger partial charge is 0.330 e. The van der Waals surface area contributed by atoms with E-state index >= 15 is 0 Å². The van der Waals surface area contributed by atoms with Crippen molar-refractivity contribution in [1.29, 1.82) is 0 Å². The van der Waals surface area contributed by atoms with E-state index in [4.69, 9.17) is 5.73 Å². The molecule has 1 fully saturated rings. The smallest absolute Gasteiger partial charge is 0.00173 e. The monoisotopic (exact) mass is 225 g/mol. The van der Waals surface area contributed by atoms with E-state index in [1.807, 2.05) is 0 Å². The molecule has 1 saturated carbocycles. The van der Waals surface area contributed by atoms with Gasteiger partial charge in [-0.15, -0.1) is 0 Å². The summed E-state index contributed by atoms with van der Waals surface area (Å²) >= 11 is 0. The Balaban J connectivity index is 2.08. The average molecular weight is 225 g/mol. The summed E-state index contributed by atoms with van der Waals surface area (Å²) in [6, 6.07) is 13.2. The van der Waals surface area contributed by atoms with Crippen molar-refractivity contribution in [3.8, 4) is 0 Å². The first-order valence-electron chi connectivity index (χ1n) is 6.41. The molecule has 1 nitrogen and oxygen atoms in total. The van der Waals surface area contributed by atoms with Crippen LogP contribution in [0.3, 0.4) is 0 Å². The highest BCUT2D eigenvalue weighted by Gasteiger charge is 2.41. The van der Waals surface area contributed by atoms with Crippen LogP contribution in [-0.2, 0) is 6.42 Å². The third-order valence-corrected chi connectivity index (χ3v) is 4.19. The summed E-state index contributed by atoms with van der Waals surface area (Å²) in [6.07, 6.45) is 3.74. The van der Waals surface area contributed by atoms with Gasteiger partial charge in [-0.1, -0.05) is 36.4 Å². The van der Waals surface area contributed by atoms with Crippen molar-refractivity contribution in [2.75, 3.05) is 6.54 Å². The van der Waals surface area contributed by atoms with Gasteiger partial charge < -0.3 is 5.73 Å². The zero-order chi connectivity index (χ0) is 11.9. The van der Waals surface area contributed by atoms with Crippen LogP contribution in [0.25, 0.3) is 10.8 Å². The predicted octanol–water partition coefficient (Wildman–Crippen LogP) is 3.43. The van der Waals surface area contributed by atoms with E-state index < -0.39 is 0 Å². The Hall–Kier alpha value is -1.34. The molecule has 0 aliphatic heterocycles. The summed E-state index contributed by atoms with van der Waals surface area (Å²) in [5.74, 6) is 0. The van der Waals surface area contributed by atoms with Crippen LogP contribution in [0, 0.1) is 12.3 Å². The molecule has 0 aromatic heterocycles. The van der Waals surface area contributed by atoms with Gasteiger partial charge in [-0.3, -0.25) is 0 Å². The van der Waals surface area contributed by atoms with Crippen LogP contribution in [0.4, 0.5) is 0 Å². The fraction of sp³-hybridized carbons (Fsp3) is 0.375.